The number of alkyl halides is 5. The van der Waals surface area contributed by atoms with E-state index in [1.807, 2.05) is 0 Å². The Balaban J connectivity index is 3.55. The summed E-state index contributed by atoms with van der Waals surface area (Å²) < 4.78 is 64.4. The molecule has 0 saturated carbocycles. The highest BCUT2D eigenvalue weighted by Crippen LogP contribution is 2.22. The number of halogens is 5. The smallest absolute Gasteiger partial charge is 0.340 e. The quantitative estimate of drug-likeness (QED) is 0.358. The Labute approximate surface area is 91.3 Å². The van der Waals surface area contributed by atoms with Crippen molar-refractivity contribution in [3.8, 4) is 0 Å². The molecule has 96 valence electrons. The van der Waals surface area contributed by atoms with Gasteiger partial charge in [0.25, 0.3) is 0 Å². The number of hydrogen-bond acceptors (Lipinski definition) is 1. The van der Waals surface area contributed by atoms with Crippen molar-refractivity contribution in [3.05, 3.63) is 12.3 Å². The second kappa shape index (κ2) is 7.46. The van der Waals surface area contributed by atoms with Crippen LogP contribution in [-0.4, -0.2) is 25.1 Å². The first-order valence-corrected chi connectivity index (χ1v) is 4.93. The van der Waals surface area contributed by atoms with E-state index < -0.39 is 25.1 Å². The lowest BCUT2D eigenvalue weighted by Gasteiger charge is -2.13. The molecule has 0 aromatic rings. The van der Waals surface area contributed by atoms with Gasteiger partial charge in [-0.25, -0.2) is 13.2 Å². The number of allylic oxidation sites excluding steroid dienone is 1. The molecule has 1 atom stereocenters. The van der Waals surface area contributed by atoms with Gasteiger partial charge < -0.3 is 4.74 Å². The van der Waals surface area contributed by atoms with Crippen molar-refractivity contribution in [2.24, 2.45) is 0 Å². The van der Waals surface area contributed by atoms with Crippen LogP contribution in [0.25, 0.3) is 0 Å². The van der Waals surface area contributed by atoms with Gasteiger partial charge in [0.1, 0.15) is 0 Å². The van der Waals surface area contributed by atoms with E-state index in [4.69, 9.17) is 0 Å². The van der Waals surface area contributed by atoms with E-state index in [9.17, 15) is 22.0 Å². The molecular formula is C10H15F5O. The van der Waals surface area contributed by atoms with Crippen molar-refractivity contribution in [1.29, 1.82) is 0 Å². The standard InChI is InChI=1S/C10H15F5O/c1-8(11)5-3-2-4-6-16-7-10(14,15)9(12)13/h4,6,8-9H,2-3,5,7H2,1H3. The molecule has 0 radical (unpaired) electrons. The zero-order valence-electron chi connectivity index (χ0n) is 8.94. The Bertz CT molecular complexity index is 203. The summed E-state index contributed by atoms with van der Waals surface area (Å²) in [5, 5.41) is 0. The molecule has 1 nitrogen and oxygen atoms in total. The molecule has 0 aliphatic heterocycles. The molecular weight excluding hydrogens is 231 g/mol. The Morgan fingerprint density at radius 2 is 1.88 bits per heavy atom. The molecule has 0 saturated heterocycles. The lowest BCUT2D eigenvalue weighted by molar-refractivity contribution is -0.155. The van der Waals surface area contributed by atoms with Gasteiger partial charge in [-0.3, -0.25) is 0 Å². The third-order valence-corrected chi connectivity index (χ3v) is 1.76. The van der Waals surface area contributed by atoms with Gasteiger partial charge in [0, 0.05) is 0 Å². The van der Waals surface area contributed by atoms with Crippen molar-refractivity contribution < 1.29 is 26.7 Å². The van der Waals surface area contributed by atoms with Crippen LogP contribution in [0.4, 0.5) is 22.0 Å². The molecule has 0 spiro atoms. The Morgan fingerprint density at radius 3 is 2.38 bits per heavy atom. The molecule has 0 N–H and O–H groups in total. The fourth-order valence-corrected chi connectivity index (χ4v) is 0.875. The zero-order valence-corrected chi connectivity index (χ0v) is 8.94. The summed E-state index contributed by atoms with van der Waals surface area (Å²) in [6, 6.07) is 0. The van der Waals surface area contributed by atoms with Crippen molar-refractivity contribution in [3.63, 3.8) is 0 Å². The monoisotopic (exact) mass is 246 g/mol. The minimum Gasteiger partial charge on any atom is -0.495 e. The molecule has 0 bridgehead atoms. The molecule has 16 heavy (non-hydrogen) atoms. The van der Waals surface area contributed by atoms with Gasteiger partial charge in [-0.05, 0) is 32.3 Å². The lowest BCUT2D eigenvalue weighted by atomic mass is 10.2. The van der Waals surface area contributed by atoms with Crippen LogP contribution in [0, 0.1) is 0 Å². The van der Waals surface area contributed by atoms with E-state index in [0.29, 0.717) is 19.3 Å². The average molecular weight is 246 g/mol. The van der Waals surface area contributed by atoms with Crippen LogP contribution < -0.4 is 0 Å². The maximum absolute atomic E-state index is 12.3. The summed E-state index contributed by atoms with van der Waals surface area (Å²) in [4.78, 5) is 0. The maximum Gasteiger partial charge on any atom is 0.340 e. The van der Waals surface area contributed by atoms with E-state index >= 15 is 0 Å². The van der Waals surface area contributed by atoms with Gasteiger partial charge in [0.2, 0.25) is 0 Å². The highest BCUT2D eigenvalue weighted by Gasteiger charge is 2.41. The Morgan fingerprint density at radius 1 is 1.25 bits per heavy atom. The predicted octanol–water partition coefficient (Wildman–Crippen LogP) is 3.95. The van der Waals surface area contributed by atoms with Crippen molar-refractivity contribution in [2.75, 3.05) is 6.61 Å². The zero-order chi connectivity index (χ0) is 12.6. The summed E-state index contributed by atoms with van der Waals surface area (Å²) in [5.41, 5.74) is 0. The molecule has 0 fully saturated rings. The maximum atomic E-state index is 12.3. The van der Waals surface area contributed by atoms with Gasteiger partial charge in [-0.1, -0.05) is 0 Å². The van der Waals surface area contributed by atoms with Crippen molar-refractivity contribution >= 4 is 0 Å². The van der Waals surface area contributed by atoms with E-state index in [-0.39, 0.29) is 0 Å². The predicted molar refractivity (Wildman–Crippen MR) is 50.5 cm³/mol. The minimum absolute atomic E-state index is 0.373. The Kier molecular flexibility index (Phi) is 7.08. The van der Waals surface area contributed by atoms with Gasteiger partial charge in [0.05, 0.1) is 12.4 Å². The minimum atomic E-state index is -4.13. The third kappa shape index (κ3) is 7.48. The number of hydrogen-bond donors (Lipinski definition) is 0. The Hall–Kier alpha value is -0.810. The van der Waals surface area contributed by atoms with E-state index in [0.717, 1.165) is 6.26 Å². The molecule has 0 aliphatic rings. The van der Waals surface area contributed by atoms with Crippen molar-refractivity contribution in [1.82, 2.24) is 0 Å². The first kappa shape index (κ1) is 15.2. The van der Waals surface area contributed by atoms with Gasteiger partial charge in [0.15, 0.2) is 6.61 Å². The first-order chi connectivity index (χ1) is 7.36. The molecule has 0 amide bonds. The second-order valence-electron chi connectivity index (χ2n) is 3.46. The fraction of sp³-hybridized carbons (Fsp3) is 0.800. The molecule has 0 rings (SSSR count). The van der Waals surface area contributed by atoms with Gasteiger partial charge in [-0.2, -0.15) is 8.78 Å². The number of rotatable bonds is 8. The number of unbranched alkanes of at least 4 members (excludes halogenated alkanes) is 1. The van der Waals surface area contributed by atoms with Crippen LogP contribution in [0.2, 0.25) is 0 Å². The summed E-state index contributed by atoms with van der Waals surface area (Å²) in [7, 11) is 0. The van der Waals surface area contributed by atoms with Crippen LogP contribution in [0.3, 0.4) is 0 Å². The molecule has 0 aromatic heterocycles. The summed E-state index contributed by atoms with van der Waals surface area (Å²) >= 11 is 0. The topological polar surface area (TPSA) is 9.23 Å². The van der Waals surface area contributed by atoms with Gasteiger partial charge in [-0.15, -0.1) is 0 Å². The fourth-order valence-electron chi connectivity index (χ4n) is 0.875. The normalized spacial score (nSPS) is 14.7. The van der Waals surface area contributed by atoms with E-state index in [1.165, 1.54) is 13.0 Å². The largest absolute Gasteiger partial charge is 0.495 e. The second-order valence-corrected chi connectivity index (χ2v) is 3.46. The molecule has 0 aromatic carbocycles. The highest BCUT2D eigenvalue weighted by molar-refractivity contribution is 4.76. The van der Waals surface area contributed by atoms with Crippen LogP contribution in [0.15, 0.2) is 12.3 Å². The molecule has 1 unspecified atom stereocenters. The van der Waals surface area contributed by atoms with Crippen LogP contribution in [0.5, 0.6) is 0 Å². The summed E-state index contributed by atoms with van der Waals surface area (Å²) in [6.07, 6.45) is -0.886. The molecule has 0 heterocycles. The van der Waals surface area contributed by atoms with Crippen LogP contribution >= 0.6 is 0 Å². The summed E-state index contributed by atoms with van der Waals surface area (Å²) in [5.74, 6) is -4.13. The third-order valence-electron chi connectivity index (χ3n) is 1.76. The molecule has 0 aliphatic carbocycles. The SMILES string of the molecule is CC(F)CCCC=COCC(F)(F)C(F)F. The van der Waals surface area contributed by atoms with E-state index in [1.54, 1.807) is 0 Å². The number of ether oxygens (including phenoxy) is 1. The first-order valence-electron chi connectivity index (χ1n) is 4.93. The average Bonchev–Trinajstić information content (AvgIpc) is 2.15. The van der Waals surface area contributed by atoms with E-state index in [2.05, 4.69) is 4.74 Å². The van der Waals surface area contributed by atoms with Gasteiger partial charge >= 0.3 is 12.3 Å². The molecule has 6 heteroatoms. The van der Waals surface area contributed by atoms with Crippen molar-refractivity contribution in [2.45, 2.75) is 44.7 Å². The summed E-state index contributed by atoms with van der Waals surface area (Å²) in [6.45, 7) is 0.0735. The van der Waals surface area contributed by atoms with Crippen LogP contribution in [-0.2, 0) is 4.74 Å². The highest BCUT2D eigenvalue weighted by atomic mass is 19.3. The lowest BCUT2D eigenvalue weighted by Crippen LogP contribution is -2.31. The van der Waals surface area contributed by atoms with Crippen LogP contribution in [0.1, 0.15) is 26.2 Å².